The van der Waals surface area contributed by atoms with E-state index in [9.17, 15) is 9.59 Å². The lowest BCUT2D eigenvalue weighted by molar-refractivity contribution is -0.147. The van der Waals surface area contributed by atoms with E-state index in [1.165, 1.54) is 0 Å². The predicted octanol–water partition coefficient (Wildman–Crippen LogP) is 1.26. The van der Waals surface area contributed by atoms with Crippen molar-refractivity contribution in [2.24, 2.45) is 5.41 Å². The number of rotatable bonds is 6. The smallest absolute Gasteiger partial charge is 0.320 e. The van der Waals surface area contributed by atoms with E-state index < -0.39 is 11.4 Å². The van der Waals surface area contributed by atoms with Gasteiger partial charge in [0.1, 0.15) is 0 Å². The number of carboxylic acid groups (broad SMARTS) is 1. The van der Waals surface area contributed by atoms with Gasteiger partial charge in [-0.25, -0.2) is 4.79 Å². The van der Waals surface area contributed by atoms with Gasteiger partial charge in [0.2, 0.25) is 0 Å². The maximum absolute atomic E-state index is 12.3. The first-order valence-corrected chi connectivity index (χ1v) is 6.79. The SMILES string of the molecule is CCOCCN(CC)C(=O)N1CCC(C)(C(=O)O)C1. The molecule has 0 saturated carbocycles. The number of carbonyl (C=O) groups excluding carboxylic acids is 1. The molecule has 2 amide bonds. The number of carboxylic acids is 1. The van der Waals surface area contributed by atoms with Gasteiger partial charge in [0, 0.05) is 32.8 Å². The molecule has 1 aliphatic rings. The van der Waals surface area contributed by atoms with Crippen molar-refractivity contribution in [2.45, 2.75) is 27.2 Å². The molecule has 0 aromatic carbocycles. The molecular weight excluding hydrogens is 248 g/mol. The third kappa shape index (κ3) is 3.83. The summed E-state index contributed by atoms with van der Waals surface area (Å²) < 4.78 is 5.25. The summed E-state index contributed by atoms with van der Waals surface area (Å²) in [6, 6.07) is -0.0906. The van der Waals surface area contributed by atoms with Crippen molar-refractivity contribution in [3.05, 3.63) is 0 Å². The molecule has 1 unspecified atom stereocenters. The number of nitrogens with zero attached hydrogens (tertiary/aromatic N) is 2. The molecule has 0 radical (unpaired) electrons. The maximum Gasteiger partial charge on any atom is 0.320 e. The average Bonchev–Trinajstić information content (AvgIpc) is 2.78. The van der Waals surface area contributed by atoms with Gasteiger partial charge < -0.3 is 19.6 Å². The Hall–Kier alpha value is -1.30. The first kappa shape index (κ1) is 15.8. The van der Waals surface area contributed by atoms with Gasteiger partial charge in [-0.2, -0.15) is 0 Å². The molecular formula is C13H24N2O4. The molecule has 1 aliphatic heterocycles. The van der Waals surface area contributed by atoms with Crippen LogP contribution in [0, 0.1) is 5.41 Å². The van der Waals surface area contributed by atoms with Crippen LogP contribution >= 0.6 is 0 Å². The summed E-state index contributed by atoms with van der Waals surface area (Å²) in [7, 11) is 0. The molecule has 6 nitrogen and oxygen atoms in total. The van der Waals surface area contributed by atoms with Crippen molar-refractivity contribution >= 4 is 12.0 Å². The molecule has 6 heteroatoms. The Kier molecular flexibility index (Phi) is 5.60. The van der Waals surface area contributed by atoms with Crippen molar-refractivity contribution in [2.75, 3.05) is 39.4 Å². The summed E-state index contributed by atoms with van der Waals surface area (Å²) in [5.41, 5.74) is -0.811. The lowest BCUT2D eigenvalue weighted by atomic mass is 9.90. The Labute approximate surface area is 114 Å². The Balaban J connectivity index is 2.55. The fourth-order valence-electron chi connectivity index (χ4n) is 2.21. The fourth-order valence-corrected chi connectivity index (χ4v) is 2.21. The minimum absolute atomic E-state index is 0.0906. The van der Waals surface area contributed by atoms with Gasteiger partial charge in [0.05, 0.1) is 12.0 Å². The summed E-state index contributed by atoms with van der Waals surface area (Å²) in [6.45, 7) is 8.60. The van der Waals surface area contributed by atoms with Gasteiger partial charge in [-0.3, -0.25) is 4.79 Å². The van der Waals surface area contributed by atoms with Crippen LogP contribution in [0.15, 0.2) is 0 Å². The average molecular weight is 272 g/mol. The number of likely N-dealkylation sites (tertiary alicyclic amines) is 1. The summed E-state index contributed by atoms with van der Waals surface area (Å²) in [6.07, 6.45) is 0.511. The second-order valence-corrected chi connectivity index (χ2v) is 5.10. The van der Waals surface area contributed by atoms with Crippen molar-refractivity contribution in [3.8, 4) is 0 Å². The van der Waals surface area contributed by atoms with Crippen molar-refractivity contribution in [1.82, 2.24) is 9.80 Å². The van der Waals surface area contributed by atoms with Crippen LogP contribution in [0.3, 0.4) is 0 Å². The van der Waals surface area contributed by atoms with Crippen LogP contribution in [0.5, 0.6) is 0 Å². The molecule has 0 aliphatic carbocycles. The van der Waals surface area contributed by atoms with Crippen molar-refractivity contribution < 1.29 is 19.4 Å². The molecule has 1 rings (SSSR count). The maximum atomic E-state index is 12.3. The fraction of sp³-hybridized carbons (Fsp3) is 0.846. The number of aliphatic carboxylic acids is 1. The third-order valence-corrected chi connectivity index (χ3v) is 3.62. The molecule has 19 heavy (non-hydrogen) atoms. The van der Waals surface area contributed by atoms with Gasteiger partial charge in [0.15, 0.2) is 0 Å². The van der Waals surface area contributed by atoms with Crippen LogP contribution in [-0.2, 0) is 9.53 Å². The highest BCUT2D eigenvalue weighted by atomic mass is 16.5. The molecule has 1 fully saturated rings. The van der Waals surface area contributed by atoms with E-state index in [-0.39, 0.29) is 12.6 Å². The number of hydrogen-bond acceptors (Lipinski definition) is 3. The summed E-state index contributed by atoms with van der Waals surface area (Å²) in [5.74, 6) is -0.833. The van der Waals surface area contributed by atoms with Gasteiger partial charge in [-0.1, -0.05) is 0 Å². The molecule has 110 valence electrons. The summed E-state index contributed by atoms with van der Waals surface area (Å²) in [5, 5.41) is 9.17. The Morgan fingerprint density at radius 3 is 2.58 bits per heavy atom. The van der Waals surface area contributed by atoms with Crippen LogP contribution in [0.1, 0.15) is 27.2 Å². The van der Waals surface area contributed by atoms with E-state index in [2.05, 4.69) is 0 Å². The zero-order valence-electron chi connectivity index (χ0n) is 12.0. The molecule has 0 aromatic heterocycles. The second kappa shape index (κ2) is 6.75. The van der Waals surface area contributed by atoms with Gasteiger partial charge in [-0.05, 0) is 27.2 Å². The van der Waals surface area contributed by atoms with Gasteiger partial charge in [-0.15, -0.1) is 0 Å². The van der Waals surface area contributed by atoms with Crippen LogP contribution in [0.2, 0.25) is 0 Å². The van der Waals surface area contributed by atoms with Crippen LogP contribution < -0.4 is 0 Å². The van der Waals surface area contributed by atoms with E-state index in [1.807, 2.05) is 13.8 Å². The van der Waals surface area contributed by atoms with E-state index in [4.69, 9.17) is 9.84 Å². The van der Waals surface area contributed by atoms with E-state index in [0.29, 0.717) is 39.3 Å². The molecule has 1 saturated heterocycles. The molecule has 0 spiro atoms. The monoisotopic (exact) mass is 272 g/mol. The molecule has 1 heterocycles. The van der Waals surface area contributed by atoms with Crippen LogP contribution in [0.25, 0.3) is 0 Å². The normalized spacial score (nSPS) is 22.6. The van der Waals surface area contributed by atoms with Crippen LogP contribution in [-0.4, -0.2) is 66.3 Å². The molecule has 0 aromatic rings. The minimum atomic E-state index is -0.833. The lowest BCUT2D eigenvalue weighted by Gasteiger charge is -2.27. The Morgan fingerprint density at radius 1 is 1.42 bits per heavy atom. The Bertz CT molecular complexity index is 335. The quantitative estimate of drug-likeness (QED) is 0.739. The highest BCUT2D eigenvalue weighted by molar-refractivity contribution is 5.79. The van der Waals surface area contributed by atoms with Crippen molar-refractivity contribution in [3.63, 3.8) is 0 Å². The van der Waals surface area contributed by atoms with Crippen LogP contribution in [0.4, 0.5) is 4.79 Å². The lowest BCUT2D eigenvalue weighted by Crippen LogP contribution is -2.44. The number of likely N-dealkylation sites (N-methyl/N-ethyl adjacent to an activating group) is 1. The van der Waals surface area contributed by atoms with E-state index in [1.54, 1.807) is 16.7 Å². The molecule has 1 N–H and O–H groups in total. The predicted molar refractivity (Wildman–Crippen MR) is 71.1 cm³/mol. The minimum Gasteiger partial charge on any atom is -0.481 e. The van der Waals surface area contributed by atoms with Crippen molar-refractivity contribution in [1.29, 1.82) is 0 Å². The highest BCUT2D eigenvalue weighted by Gasteiger charge is 2.42. The number of hydrogen-bond donors (Lipinski definition) is 1. The highest BCUT2D eigenvalue weighted by Crippen LogP contribution is 2.30. The number of carbonyl (C=O) groups is 2. The second-order valence-electron chi connectivity index (χ2n) is 5.10. The van der Waals surface area contributed by atoms with Gasteiger partial charge >= 0.3 is 12.0 Å². The first-order chi connectivity index (χ1) is 8.94. The zero-order chi connectivity index (χ0) is 14.5. The number of ether oxygens (including phenoxy) is 1. The van der Waals surface area contributed by atoms with E-state index >= 15 is 0 Å². The summed E-state index contributed by atoms with van der Waals surface area (Å²) in [4.78, 5) is 26.8. The third-order valence-electron chi connectivity index (χ3n) is 3.62. The van der Waals surface area contributed by atoms with E-state index in [0.717, 1.165) is 0 Å². The molecule has 1 atom stereocenters. The Morgan fingerprint density at radius 2 is 2.11 bits per heavy atom. The zero-order valence-corrected chi connectivity index (χ0v) is 12.0. The number of amides is 2. The van der Waals surface area contributed by atoms with Gasteiger partial charge in [0.25, 0.3) is 0 Å². The standard InChI is InChI=1S/C13H24N2O4/c1-4-14(8-9-19-5-2)12(18)15-7-6-13(3,10-15)11(16)17/h4-10H2,1-3H3,(H,16,17). The first-order valence-electron chi connectivity index (χ1n) is 6.79. The topological polar surface area (TPSA) is 70.1 Å². The summed E-state index contributed by atoms with van der Waals surface area (Å²) >= 11 is 0. The number of urea groups is 1. The molecule has 0 bridgehead atoms. The largest absolute Gasteiger partial charge is 0.481 e.